The molecule has 1 unspecified atom stereocenters. The minimum atomic E-state index is -0.0630. The summed E-state index contributed by atoms with van der Waals surface area (Å²) in [6.07, 6.45) is 1.68. The molecular formula is C14H15ClN2O. The molecule has 0 aliphatic heterocycles. The van der Waals surface area contributed by atoms with Gasteiger partial charge in [0.25, 0.3) is 0 Å². The number of rotatable bonds is 4. The molecule has 2 N–H and O–H groups in total. The van der Waals surface area contributed by atoms with Crippen LogP contribution < -0.4 is 10.5 Å². The van der Waals surface area contributed by atoms with Crippen molar-refractivity contribution in [3.05, 3.63) is 58.9 Å². The molecule has 0 radical (unpaired) electrons. The van der Waals surface area contributed by atoms with Gasteiger partial charge in [0.05, 0.1) is 11.9 Å². The fourth-order valence-electron chi connectivity index (χ4n) is 1.54. The monoisotopic (exact) mass is 262 g/mol. The summed E-state index contributed by atoms with van der Waals surface area (Å²) in [4.78, 5) is 4.23. The maximum atomic E-state index is 5.90. The summed E-state index contributed by atoms with van der Waals surface area (Å²) < 4.78 is 5.62. The van der Waals surface area contributed by atoms with Crippen molar-refractivity contribution in [3.8, 4) is 5.75 Å². The summed E-state index contributed by atoms with van der Waals surface area (Å²) in [5.41, 5.74) is 7.61. The van der Waals surface area contributed by atoms with Crippen LogP contribution in [0, 0.1) is 0 Å². The van der Waals surface area contributed by atoms with E-state index in [-0.39, 0.29) is 6.04 Å². The lowest BCUT2D eigenvalue weighted by Gasteiger charge is -2.08. The Hall–Kier alpha value is -1.58. The molecule has 2 rings (SSSR count). The maximum absolute atomic E-state index is 5.90. The van der Waals surface area contributed by atoms with Gasteiger partial charge in [-0.3, -0.25) is 4.98 Å². The molecule has 94 valence electrons. The Labute approximate surface area is 112 Å². The molecule has 0 amide bonds. The third-order valence-electron chi connectivity index (χ3n) is 2.52. The number of ether oxygens (including phenoxy) is 1. The zero-order chi connectivity index (χ0) is 13.0. The van der Waals surface area contributed by atoms with Gasteiger partial charge in [-0.05, 0) is 36.8 Å². The molecule has 3 nitrogen and oxygen atoms in total. The minimum Gasteiger partial charge on any atom is -0.487 e. The molecule has 1 heterocycles. The zero-order valence-corrected chi connectivity index (χ0v) is 10.9. The van der Waals surface area contributed by atoms with E-state index in [9.17, 15) is 0 Å². The number of hydrogen-bond donors (Lipinski definition) is 1. The Kier molecular flexibility index (Phi) is 4.18. The van der Waals surface area contributed by atoms with Crippen molar-refractivity contribution in [2.75, 3.05) is 0 Å². The highest BCUT2D eigenvalue weighted by molar-refractivity contribution is 6.30. The van der Waals surface area contributed by atoms with Crippen LogP contribution in [0.2, 0.25) is 5.02 Å². The summed E-state index contributed by atoms with van der Waals surface area (Å²) >= 11 is 5.90. The second-order valence-corrected chi connectivity index (χ2v) is 4.56. The van der Waals surface area contributed by atoms with E-state index in [1.165, 1.54) is 0 Å². The van der Waals surface area contributed by atoms with Gasteiger partial charge in [0.15, 0.2) is 0 Å². The van der Waals surface area contributed by atoms with E-state index in [0.717, 1.165) is 17.0 Å². The molecule has 0 fully saturated rings. The van der Waals surface area contributed by atoms with Gasteiger partial charge in [-0.2, -0.15) is 0 Å². The number of pyridine rings is 1. The van der Waals surface area contributed by atoms with Crippen LogP contribution in [-0.2, 0) is 6.61 Å². The number of benzene rings is 1. The van der Waals surface area contributed by atoms with Crippen LogP contribution in [-0.4, -0.2) is 4.98 Å². The smallest absolute Gasteiger partial charge is 0.138 e. The van der Waals surface area contributed by atoms with Crippen molar-refractivity contribution in [2.24, 2.45) is 5.73 Å². The first-order chi connectivity index (χ1) is 8.65. The largest absolute Gasteiger partial charge is 0.487 e. The van der Waals surface area contributed by atoms with Crippen LogP contribution in [0.25, 0.3) is 0 Å². The number of halogens is 1. The molecule has 0 saturated heterocycles. The van der Waals surface area contributed by atoms with Crippen molar-refractivity contribution in [3.63, 3.8) is 0 Å². The lowest BCUT2D eigenvalue weighted by molar-refractivity contribution is 0.304. The SMILES string of the molecule is CC(N)c1ccc(OCc2cccc(Cl)c2)cn1. The Morgan fingerprint density at radius 1 is 1.33 bits per heavy atom. The fourth-order valence-corrected chi connectivity index (χ4v) is 1.75. The van der Waals surface area contributed by atoms with Crippen LogP contribution in [0.4, 0.5) is 0 Å². The van der Waals surface area contributed by atoms with E-state index < -0.39 is 0 Å². The van der Waals surface area contributed by atoms with Gasteiger partial charge < -0.3 is 10.5 Å². The molecule has 4 heteroatoms. The Morgan fingerprint density at radius 2 is 2.17 bits per heavy atom. The Balaban J connectivity index is 1.98. The molecule has 0 aliphatic rings. The predicted molar refractivity (Wildman–Crippen MR) is 72.6 cm³/mol. The van der Waals surface area contributed by atoms with Gasteiger partial charge in [0.1, 0.15) is 12.4 Å². The molecule has 1 atom stereocenters. The molecule has 1 aromatic carbocycles. The van der Waals surface area contributed by atoms with E-state index in [0.29, 0.717) is 11.6 Å². The molecule has 18 heavy (non-hydrogen) atoms. The highest BCUT2D eigenvalue weighted by Crippen LogP contribution is 2.16. The highest BCUT2D eigenvalue weighted by atomic mass is 35.5. The molecule has 0 aliphatic carbocycles. The summed E-state index contributed by atoms with van der Waals surface area (Å²) in [6, 6.07) is 11.3. The third kappa shape index (κ3) is 3.45. The normalized spacial score (nSPS) is 12.2. The number of hydrogen-bond acceptors (Lipinski definition) is 3. The molecule has 1 aromatic heterocycles. The quantitative estimate of drug-likeness (QED) is 0.919. The molecule has 2 aromatic rings. The lowest BCUT2D eigenvalue weighted by Crippen LogP contribution is -2.07. The maximum Gasteiger partial charge on any atom is 0.138 e. The van der Waals surface area contributed by atoms with Gasteiger partial charge in [0, 0.05) is 11.1 Å². The number of nitrogens with two attached hydrogens (primary N) is 1. The highest BCUT2D eigenvalue weighted by Gasteiger charge is 2.02. The molecule has 0 bridgehead atoms. The van der Waals surface area contributed by atoms with E-state index in [1.807, 2.05) is 43.3 Å². The van der Waals surface area contributed by atoms with Crippen LogP contribution in [0.3, 0.4) is 0 Å². The van der Waals surface area contributed by atoms with Crippen molar-refractivity contribution in [2.45, 2.75) is 19.6 Å². The van der Waals surface area contributed by atoms with Gasteiger partial charge in [-0.25, -0.2) is 0 Å². The second-order valence-electron chi connectivity index (χ2n) is 4.13. The predicted octanol–water partition coefficient (Wildman–Crippen LogP) is 3.33. The third-order valence-corrected chi connectivity index (χ3v) is 2.76. The van der Waals surface area contributed by atoms with E-state index in [1.54, 1.807) is 6.20 Å². The second kappa shape index (κ2) is 5.85. The van der Waals surface area contributed by atoms with Crippen LogP contribution in [0.1, 0.15) is 24.2 Å². The summed E-state index contributed by atoms with van der Waals surface area (Å²) in [5.74, 6) is 0.722. The molecular weight excluding hydrogens is 248 g/mol. The molecule has 0 saturated carbocycles. The van der Waals surface area contributed by atoms with Gasteiger partial charge in [-0.1, -0.05) is 23.7 Å². The van der Waals surface area contributed by atoms with Crippen molar-refractivity contribution in [1.29, 1.82) is 0 Å². The van der Waals surface area contributed by atoms with E-state index in [4.69, 9.17) is 22.1 Å². The topological polar surface area (TPSA) is 48.1 Å². The summed E-state index contributed by atoms with van der Waals surface area (Å²) in [5, 5.41) is 0.710. The lowest BCUT2D eigenvalue weighted by atomic mass is 10.2. The van der Waals surface area contributed by atoms with Crippen LogP contribution in [0.15, 0.2) is 42.6 Å². The first-order valence-electron chi connectivity index (χ1n) is 5.74. The average Bonchev–Trinajstić information content (AvgIpc) is 2.37. The standard InChI is InChI=1S/C14H15ClN2O/c1-10(16)14-6-5-13(8-17-14)18-9-11-3-2-4-12(15)7-11/h2-8,10H,9,16H2,1H3. The summed E-state index contributed by atoms with van der Waals surface area (Å²) in [6.45, 7) is 2.37. The van der Waals surface area contributed by atoms with Crippen LogP contribution >= 0.6 is 11.6 Å². The van der Waals surface area contributed by atoms with Crippen molar-refractivity contribution in [1.82, 2.24) is 4.98 Å². The Morgan fingerprint density at radius 3 is 2.78 bits per heavy atom. The fraction of sp³-hybridized carbons (Fsp3) is 0.214. The average molecular weight is 263 g/mol. The van der Waals surface area contributed by atoms with Gasteiger partial charge in [0.2, 0.25) is 0 Å². The summed E-state index contributed by atoms with van der Waals surface area (Å²) in [7, 11) is 0. The number of aromatic nitrogens is 1. The van der Waals surface area contributed by atoms with E-state index in [2.05, 4.69) is 4.98 Å². The molecule has 0 spiro atoms. The van der Waals surface area contributed by atoms with Crippen LogP contribution in [0.5, 0.6) is 5.75 Å². The van der Waals surface area contributed by atoms with Crippen molar-refractivity contribution >= 4 is 11.6 Å². The Bertz CT molecular complexity index is 511. The van der Waals surface area contributed by atoms with Gasteiger partial charge >= 0.3 is 0 Å². The minimum absolute atomic E-state index is 0.0630. The first-order valence-corrected chi connectivity index (χ1v) is 6.12. The van der Waals surface area contributed by atoms with Crippen molar-refractivity contribution < 1.29 is 4.74 Å². The first kappa shape index (κ1) is 12.9. The number of nitrogens with zero attached hydrogens (tertiary/aromatic N) is 1. The zero-order valence-electron chi connectivity index (χ0n) is 10.1. The van der Waals surface area contributed by atoms with E-state index >= 15 is 0 Å². The van der Waals surface area contributed by atoms with Gasteiger partial charge in [-0.15, -0.1) is 0 Å².